The van der Waals surface area contributed by atoms with Crippen molar-refractivity contribution in [2.75, 3.05) is 11.4 Å². The maximum atomic E-state index is 13.0. The normalized spacial score (nSPS) is 13.1. The Bertz CT molecular complexity index is 1240. The minimum Gasteiger partial charge on any atom is -0.310 e. The minimum atomic E-state index is -0.239. The number of aromatic nitrogens is 2. The molecule has 1 amide bonds. The van der Waals surface area contributed by atoms with Crippen LogP contribution in [-0.2, 0) is 17.8 Å². The van der Waals surface area contributed by atoms with Gasteiger partial charge in [0, 0.05) is 17.6 Å². The highest BCUT2D eigenvalue weighted by molar-refractivity contribution is 7.13. The molecule has 1 aliphatic heterocycles. The van der Waals surface area contributed by atoms with Crippen molar-refractivity contribution in [3.8, 4) is 10.6 Å². The maximum Gasteiger partial charge on any atom is 0.275 e. The summed E-state index contributed by atoms with van der Waals surface area (Å²) in [6.07, 6.45) is 0.836. The van der Waals surface area contributed by atoms with Crippen LogP contribution in [0.15, 0.2) is 70.8 Å². The molecule has 3 heterocycles. The Balaban J connectivity index is 1.58. The summed E-state index contributed by atoms with van der Waals surface area (Å²) in [5.74, 6) is -0.119. The number of amides is 1. The topological polar surface area (TPSA) is 55.2 Å². The molecule has 2 aromatic carbocycles. The van der Waals surface area contributed by atoms with Gasteiger partial charge in [-0.1, -0.05) is 42.5 Å². The zero-order valence-electron chi connectivity index (χ0n) is 15.0. The number of fused-ring (bicyclic) bond motifs is 2. The summed E-state index contributed by atoms with van der Waals surface area (Å²) in [4.78, 5) is 28.7. The van der Waals surface area contributed by atoms with Crippen molar-refractivity contribution >= 4 is 33.7 Å². The number of hydrogen-bond acceptors (Lipinski definition) is 4. The number of carbonyl (C=O) groups is 1. The summed E-state index contributed by atoms with van der Waals surface area (Å²) in [5.41, 5.74) is 2.59. The van der Waals surface area contributed by atoms with Gasteiger partial charge in [0.25, 0.3) is 5.56 Å². The molecule has 0 bridgehead atoms. The Kier molecular flexibility index (Phi) is 4.06. The second kappa shape index (κ2) is 6.73. The average molecular weight is 387 g/mol. The van der Waals surface area contributed by atoms with Crippen LogP contribution in [0.1, 0.15) is 5.56 Å². The van der Waals surface area contributed by atoms with Crippen LogP contribution in [0.5, 0.6) is 0 Å². The van der Waals surface area contributed by atoms with Crippen molar-refractivity contribution in [3.63, 3.8) is 0 Å². The molecule has 0 fully saturated rings. The van der Waals surface area contributed by atoms with Gasteiger partial charge in [0.1, 0.15) is 12.2 Å². The first-order chi connectivity index (χ1) is 13.7. The van der Waals surface area contributed by atoms with Crippen LogP contribution < -0.4 is 10.5 Å². The molecule has 5 rings (SSSR count). The quantitative estimate of drug-likeness (QED) is 0.538. The third-order valence-electron chi connectivity index (χ3n) is 5.10. The third-order valence-corrected chi connectivity index (χ3v) is 5.97. The molecule has 0 radical (unpaired) electrons. The van der Waals surface area contributed by atoms with Crippen LogP contribution in [0.25, 0.3) is 21.3 Å². The Labute approximate surface area is 165 Å². The van der Waals surface area contributed by atoms with E-state index in [0.717, 1.165) is 33.6 Å². The first-order valence-electron chi connectivity index (χ1n) is 9.14. The van der Waals surface area contributed by atoms with Gasteiger partial charge in [0.05, 0.1) is 10.3 Å². The molecule has 1 aliphatic rings. The number of rotatable bonds is 3. The summed E-state index contributed by atoms with van der Waals surface area (Å²) >= 11 is 1.57. The summed E-state index contributed by atoms with van der Waals surface area (Å²) in [6.45, 7) is 0.564. The van der Waals surface area contributed by atoms with Crippen LogP contribution in [0.2, 0.25) is 0 Å². The predicted molar refractivity (Wildman–Crippen MR) is 112 cm³/mol. The number of carbonyl (C=O) groups excluding carboxylic acids is 1. The van der Waals surface area contributed by atoms with E-state index in [1.807, 2.05) is 60.0 Å². The van der Waals surface area contributed by atoms with Gasteiger partial charge in [0.15, 0.2) is 0 Å². The van der Waals surface area contributed by atoms with E-state index < -0.39 is 0 Å². The van der Waals surface area contributed by atoms with Crippen LogP contribution >= 0.6 is 11.3 Å². The van der Waals surface area contributed by atoms with E-state index in [-0.39, 0.29) is 18.0 Å². The number of anilines is 1. The lowest BCUT2D eigenvalue weighted by molar-refractivity contribution is -0.119. The van der Waals surface area contributed by atoms with Gasteiger partial charge in [-0.15, -0.1) is 11.3 Å². The van der Waals surface area contributed by atoms with Crippen LogP contribution in [0, 0.1) is 0 Å². The van der Waals surface area contributed by atoms with E-state index in [1.54, 1.807) is 22.3 Å². The van der Waals surface area contributed by atoms with E-state index >= 15 is 0 Å². The molecular formula is C22H17N3O2S. The fourth-order valence-electron chi connectivity index (χ4n) is 3.75. The lowest BCUT2D eigenvalue weighted by Gasteiger charge is -2.18. The fourth-order valence-corrected chi connectivity index (χ4v) is 4.47. The number of benzene rings is 2. The van der Waals surface area contributed by atoms with Crippen LogP contribution in [0.4, 0.5) is 5.69 Å². The van der Waals surface area contributed by atoms with E-state index in [2.05, 4.69) is 5.10 Å². The molecule has 0 saturated carbocycles. The van der Waals surface area contributed by atoms with Crippen molar-refractivity contribution in [2.45, 2.75) is 13.0 Å². The molecule has 0 unspecified atom stereocenters. The Morgan fingerprint density at radius 3 is 2.61 bits per heavy atom. The Morgan fingerprint density at radius 2 is 1.79 bits per heavy atom. The Hall–Kier alpha value is -3.25. The minimum absolute atomic E-state index is 0.0730. The summed E-state index contributed by atoms with van der Waals surface area (Å²) < 4.78 is 1.31. The number of nitrogens with zero attached hydrogens (tertiary/aromatic N) is 3. The second-order valence-electron chi connectivity index (χ2n) is 6.76. The number of thiophene rings is 1. The molecule has 2 aromatic heterocycles. The molecule has 0 aliphatic carbocycles. The van der Waals surface area contributed by atoms with Crippen molar-refractivity contribution < 1.29 is 4.79 Å². The highest BCUT2D eigenvalue weighted by Gasteiger charge is 2.25. The molecular weight excluding hydrogens is 370 g/mol. The third kappa shape index (κ3) is 2.73. The summed E-state index contributed by atoms with van der Waals surface area (Å²) in [5, 5.41) is 7.95. The fraction of sp³-hybridized carbons (Fsp3) is 0.136. The summed E-state index contributed by atoms with van der Waals surface area (Å²) in [6, 6.07) is 19.3. The number of hydrogen-bond donors (Lipinski definition) is 0. The molecule has 0 N–H and O–H groups in total. The lowest BCUT2D eigenvalue weighted by atomic mass is 10.1. The second-order valence-corrected chi connectivity index (χ2v) is 7.71. The van der Waals surface area contributed by atoms with Gasteiger partial charge in [0.2, 0.25) is 5.91 Å². The highest BCUT2D eigenvalue weighted by Crippen LogP contribution is 2.29. The smallest absolute Gasteiger partial charge is 0.275 e. The zero-order chi connectivity index (χ0) is 19.1. The van der Waals surface area contributed by atoms with E-state index in [0.29, 0.717) is 11.9 Å². The first-order valence-corrected chi connectivity index (χ1v) is 10.0. The molecule has 6 heteroatoms. The van der Waals surface area contributed by atoms with Gasteiger partial charge < -0.3 is 4.90 Å². The molecule has 138 valence electrons. The molecule has 28 heavy (non-hydrogen) atoms. The molecule has 0 atom stereocenters. The summed E-state index contributed by atoms with van der Waals surface area (Å²) in [7, 11) is 0. The van der Waals surface area contributed by atoms with Crippen molar-refractivity contribution in [3.05, 3.63) is 82.0 Å². The van der Waals surface area contributed by atoms with E-state index in [9.17, 15) is 9.59 Å². The Morgan fingerprint density at radius 1 is 1.00 bits per heavy atom. The van der Waals surface area contributed by atoms with Crippen LogP contribution in [0.3, 0.4) is 0 Å². The zero-order valence-corrected chi connectivity index (χ0v) is 15.9. The largest absolute Gasteiger partial charge is 0.310 e. The van der Waals surface area contributed by atoms with E-state index in [4.69, 9.17) is 0 Å². The lowest BCUT2D eigenvalue weighted by Crippen LogP contribution is -2.36. The molecule has 4 aromatic rings. The maximum absolute atomic E-state index is 13.0. The highest BCUT2D eigenvalue weighted by atomic mass is 32.1. The van der Waals surface area contributed by atoms with Gasteiger partial charge in [-0.2, -0.15) is 5.10 Å². The van der Waals surface area contributed by atoms with Crippen LogP contribution in [-0.4, -0.2) is 22.2 Å². The predicted octanol–water partition coefficient (Wildman–Crippen LogP) is 3.71. The van der Waals surface area contributed by atoms with Gasteiger partial charge in [-0.3, -0.25) is 9.59 Å². The van der Waals surface area contributed by atoms with Crippen molar-refractivity contribution in [1.29, 1.82) is 0 Å². The molecule has 0 spiro atoms. The molecule has 0 saturated heterocycles. The van der Waals surface area contributed by atoms with Gasteiger partial charge in [-0.05, 0) is 35.6 Å². The first kappa shape index (κ1) is 16.9. The monoisotopic (exact) mass is 387 g/mol. The van der Waals surface area contributed by atoms with Crippen molar-refractivity contribution in [2.24, 2.45) is 0 Å². The molecule has 5 nitrogen and oxygen atoms in total. The van der Waals surface area contributed by atoms with Crippen molar-refractivity contribution in [1.82, 2.24) is 9.78 Å². The standard InChI is InChI=1S/C22H17N3O2S/c26-20(24-12-11-15-6-1-4-9-18(15)24)14-25-22(27)17-8-3-2-7-16(17)21(23-25)19-10-5-13-28-19/h1-10,13H,11-12,14H2. The van der Waals surface area contributed by atoms with Gasteiger partial charge in [-0.25, -0.2) is 4.68 Å². The van der Waals surface area contributed by atoms with E-state index in [1.165, 1.54) is 4.68 Å². The van der Waals surface area contributed by atoms with Gasteiger partial charge >= 0.3 is 0 Å². The number of para-hydroxylation sites is 1. The average Bonchev–Trinajstić information content (AvgIpc) is 3.40. The SMILES string of the molecule is O=C(Cn1nc(-c2cccs2)c2ccccc2c1=O)N1CCc2ccccc21.